The fraction of sp³-hybridized carbons (Fsp3) is 0.857. The van der Waals surface area contributed by atoms with E-state index < -0.39 is 11.6 Å². The zero-order valence-electron chi connectivity index (χ0n) is 18.0. The first-order chi connectivity index (χ1) is 13.2. The van der Waals surface area contributed by atoms with E-state index in [1.54, 1.807) is 4.90 Å². The van der Waals surface area contributed by atoms with E-state index in [-0.39, 0.29) is 42.2 Å². The molecule has 29 heavy (non-hydrogen) atoms. The first-order valence-electron chi connectivity index (χ1n) is 10.9. The van der Waals surface area contributed by atoms with Gasteiger partial charge in [0.1, 0.15) is 12.1 Å². The van der Waals surface area contributed by atoms with Gasteiger partial charge in [-0.1, -0.05) is 27.2 Å². The highest BCUT2D eigenvalue weighted by Gasteiger charge is 2.54. The minimum absolute atomic E-state index is 0. The average Bonchev–Trinajstić information content (AvgIpc) is 2.92. The Bertz CT molecular complexity index is 631. The maximum Gasteiger partial charge on any atom is 0.325 e. The number of urea groups is 1. The highest BCUT2D eigenvalue weighted by Crippen LogP contribution is 2.45. The van der Waals surface area contributed by atoms with Crippen molar-refractivity contribution in [3.63, 3.8) is 0 Å². The van der Waals surface area contributed by atoms with Gasteiger partial charge in [0, 0.05) is 19.1 Å². The SMILES string of the molecule is CCC(C)(C)C1CCC2(CC1)NC(=O)N(CC(=O)N1CCCCC1CN)C2=O.Cl. The maximum absolute atomic E-state index is 13.1. The van der Waals surface area contributed by atoms with Gasteiger partial charge in [0.2, 0.25) is 5.91 Å². The Labute approximate surface area is 180 Å². The minimum atomic E-state index is -0.813. The van der Waals surface area contributed by atoms with Crippen molar-refractivity contribution >= 4 is 30.3 Å². The monoisotopic (exact) mass is 428 g/mol. The topological polar surface area (TPSA) is 95.7 Å². The number of imide groups is 1. The van der Waals surface area contributed by atoms with Gasteiger partial charge >= 0.3 is 6.03 Å². The highest BCUT2D eigenvalue weighted by molar-refractivity contribution is 6.09. The van der Waals surface area contributed by atoms with Gasteiger partial charge in [-0.15, -0.1) is 12.4 Å². The van der Waals surface area contributed by atoms with E-state index in [4.69, 9.17) is 5.73 Å². The van der Waals surface area contributed by atoms with Crippen molar-refractivity contribution in [1.29, 1.82) is 0 Å². The molecule has 1 aliphatic carbocycles. The van der Waals surface area contributed by atoms with Gasteiger partial charge < -0.3 is 16.0 Å². The van der Waals surface area contributed by atoms with Crippen molar-refractivity contribution in [2.24, 2.45) is 17.1 Å². The van der Waals surface area contributed by atoms with Crippen LogP contribution >= 0.6 is 12.4 Å². The predicted molar refractivity (Wildman–Crippen MR) is 115 cm³/mol. The molecule has 0 bridgehead atoms. The summed E-state index contributed by atoms with van der Waals surface area (Å²) in [5.41, 5.74) is 5.24. The summed E-state index contributed by atoms with van der Waals surface area (Å²) in [4.78, 5) is 41.4. The molecular weight excluding hydrogens is 392 g/mol. The summed E-state index contributed by atoms with van der Waals surface area (Å²) in [7, 11) is 0. The fourth-order valence-corrected chi connectivity index (χ4v) is 5.14. The molecule has 3 rings (SSSR count). The molecule has 2 saturated heterocycles. The third kappa shape index (κ3) is 4.55. The van der Waals surface area contributed by atoms with Gasteiger partial charge in [-0.05, 0) is 56.3 Å². The number of nitrogens with one attached hydrogen (secondary N) is 1. The third-order valence-corrected chi connectivity index (χ3v) is 7.61. The number of amides is 4. The molecule has 3 N–H and O–H groups in total. The van der Waals surface area contributed by atoms with Gasteiger partial charge in [-0.25, -0.2) is 4.79 Å². The molecule has 2 heterocycles. The number of nitrogens with zero attached hydrogens (tertiary/aromatic N) is 2. The van der Waals surface area contributed by atoms with Gasteiger partial charge in [-0.3, -0.25) is 14.5 Å². The van der Waals surface area contributed by atoms with Crippen LogP contribution in [-0.2, 0) is 9.59 Å². The number of hydrogen-bond donors (Lipinski definition) is 2. The zero-order valence-corrected chi connectivity index (χ0v) is 18.9. The lowest BCUT2D eigenvalue weighted by molar-refractivity contribution is -0.141. The number of nitrogens with two attached hydrogens (primary N) is 1. The molecule has 0 aromatic heterocycles. The first-order valence-corrected chi connectivity index (χ1v) is 10.9. The van der Waals surface area contributed by atoms with Crippen molar-refractivity contribution in [2.75, 3.05) is 19.6 Å². The molecule has 0 radical (unpaired) electrons. The fourth-order valence-electron chi connectivity index (χ4n) is 5.14. The standard InChI is InChI=1S/C21H36N4O3.ClH/c1-4-20(2,3)15-8-10-21(11-9-15)18(27)25(19(28)23-21)14-17(26)24-12-6-5-7-16(24)13-22;/h15-16H,4-14,22H2,1-3H3,(H,23,28);1H. The molecule has 1 atom stereocenters. The summed E-state index contributed by atoms with van der Waals surface area (Å²) < 4.78 is 0. The van der Waals surface area contributed by atoms with Crippen molar-refractivity contribution in [3.8, 4) is 0 Å². The van der Waals surface area contributed by atoms with Crippen LogP contribution in [0.5, 0.6) is 0 Å². The molecular formula is C21H37ClN4O3. The van der Waals surface area contributed by atoms with Crippen LogP contribution in [0.15, 0.2) is 0 Å². The molecule has 4 amide bonds. The lowest BCUT2D eigenvalue weighted by Crippen LogP contribution is -2.53. The average molecular weight is 429 g/mol. The number of carbonyl (C=O) groups is 3. The molecule has 166 valence electrons. The number of likely N-dealkylation sites (tertiary alicyclic amines) is 1. The molecule has 7 nitrogen and oxygen atoms in total. The number of rotatable bonds is 5. The normalized spacial score (nSPS) is 30.3. The number of piperidine rings is 1. The van der Waals surface area contributed by atoms with E-state index in [1.165, 1.54) is 0 Å². The molecule has 3 fully saturated rings. The quantitative estimate of drug-likeness (QED) is 0.658. The summed E-state index contributed by atoms with van der Waals surface area (Å²) in [6, 6.07) is -0.407. The van der Waals surface area contributed by atoms with Crippen LogP contribution in [0.25, 0.3) is 0 Å². The van der Waals surface area contributed by atoms with E-state index in [2.05, 4.69) is 26.1 Å². The largest absolute Gasteiger partial charge is 0.337 e. The van der Waals surface area contributed by atoms with E-state index in [9.17, 15) is 14.4 Å². The van der Waals surface area contributed by atoms with E-state index in [0.29, 0.717) is 31.8 Å². The molecule has 1 unspecified atom stereocenters. The maximum atomic E-state index is 13.1. The van der Waals surface area contributed by atoms with E-state index >= 15 is 0 Å². The van der Waals surface area contributed by atoms with Crippen LogP contribution < -0.4 is 11.1 Å². The van der Waals surface area contributed by atoms with Crippen LogP contribution in [0.2, 0.25) is 0 Å². The van der Waals surface area contributed by atoms with Crippen molar-refractivity contribution in [2.45, 2.75) is 83.7 Å². The first kappa shape index (κ1) is 23.9. The predicted octanol–water partition coefficient (Wildman–Crippen LogP) is 2.67. The summed E-state index contributed by atoms with van der Waals surface area (Å²) in [6.45, 7) is 7.67. The summed E-state index contributed by atoms with van der Waals surface area (Å²) >= 11 is 0. The molecule has 0 aromatic rings. The summed E-state index contributed by atoms with van der Waals surface area (Å²) in [6.07, 6.45) is 7.17. The van der Waals surface area contributed by atoms with Gasteiger partial charge in [0.25, 0.3) is 5.91 Å². The molecule has 0 aromatic carbocycles. The van der Waals surface area contributed by atoms with E-state index in [0.717, 1.165) is 43.4 Å². The molecule has 1 spiro atoms. The van der Waals surface area contributed by atoms with Crippen molar-refractivity contribution in [1.82, 2.24) is 15.1 Å². The lowest BCUT2D eigenvalue weighted by Gasteiger charge is -2.42. The number of carbonyl (C=O) groups excluding carboxylic acids is 3. The van der Waals surface area contributed by atoms with Gasteiger partial charge in [-0.2, -0.15) is 0 Å². The van der Waals surface area contributed by atoms with Gasteiger partial charge in [0.05, 0.1) is 0 Å². The van der Waals surface area contributed by atoms with Crippen LogP contribution in [0.3, 0.4) is 0 Å². The Balaban J connectivity index is 0.00000300. The third-order valence-electron chi connectivity index (χ3n) is 7.61. The highest BCUT2D eigenvalue weighted by atomic mass is 35.5. The number of hydrogen-bond acceptors (Lipinski definition) is 4. The molecule has 1 saturated carbocycles. The van der Waals surface area contributed by atoms with Crippen LogP contribution in [0, 0.1) is 11.3 Å². The molecule has 2 aliphatic heterocycles. The Morgan fingerprint density at radius 2 is 1.86 bits per heavy atom. The Morgan fingerprint density at radius 3 is 2.45 bits per heavy atom. The summed E-state index contributed by atoms with van der Waals surface area (Å²) in [5, 5.41) is 2.93. The lowest BCUT2D eigenvalue weighted by atomic mass is 9.65. The van der Waals surface area contributed by atoms with Crippen molar-refractivity contribution < 1.29 is 14.4 Å². The van der Waals surface area contributed by atoms with E-state index in [1.807, 2.05) is 0 Å². The second-order valence-electron chi connectivity index (χ2n) is 9.49. The zero-order chi connectivity index (χ0) is 20.5. The Morgan fingerprint density at radius 1 is 1.21 bits per heavy atom. The van der Waals surface area contributed by atoms with Crippen LogP contribution in [-0.4, -0.2) is 58.9 Å². The van der Waals surface area contributed by atoms with Crippen LogP contribution in [0.4, 0.5) is 4.79 Å². The number of halogens is 1. The Kier molecular flexibility index (Phi) is 7.60. The summed E-state index contributed by atoms with van der Waals surface area (Å²) in [5.74, 6) is 0.165. The van der Waals surface area contributed by atoms with Crippen molar-refractivity contribution in [3.05, 3.63) is 0 Å². The molecule has 3 aliphatic rings. The Hall–Kier alpha value is -1.34. The minimum Gasteiger partial charge on any atom is -0.337 e. The smallest absolute Gasteiger partial charge is 0.325 e. The van der Waals surface area contributed by atoms with Crippen LogP contribution in [0.1, 0.15) is 72.1 Å². The second-order valence-corrected chi connectivity index (χ2v) is 9.49. The van der Waals surface area contributed by atoms with Gasteiger partial charge in [0.15, 0.2) is 0 Å². The molecule has 8 heteroatoms. The second kappa shape index (κ2) is 9.21.